The van der Waals surface area contributed by atoms with Crippen LogP contribution >= 0.6 is 0 Å². The summed E-state index contributed by atoms with van der Waals surface area (Å²) < 4.78 is 16.9. The third kappa shape index (κ3) is 64.6. The summed E-state index contributed by atoms with van der Waals surface area (Å²) in [7, 11) is 0. The smallest absolute Gasteiger partial charge is 0.306 e. The molecule has 1 unspecified atom stereocenters. The zero-order valence-corrected chi connectivity index (χ0v) is 52.3. The molecule has 0 bridgehead atoms. The summed E-state index contributed by atoms with van der Waals surface area (Å²) in [5, 5.41) is 0. The average Bonchev–Trinajstić information content (AvgIpc) is 3.46. The maximum absolute atomic E-state index is 12.9. The van der Waals surface area contributed by atoms with Gasteiger partial charge in [0, 0.05) is 19.3 Å². The summed E-state index contributed by atoms with van der Waals surface area (Å²) >= 11 is 0. The minimum atomic E-state index is -0.797. The van der Waals surface area contributed by atoms with Crippen LogP contribution in [0.25, 0.3) is 0 Å². The fourth-order valence-electron chi connectivity index (χ4n) is 9.14. The van der Waals surface area contributed by atoms with Crippen LogP contribution in [0.5, 0.6) is 0 Å². The second-order valence-electron chi connectivity index (χ2n) is 22.0. The minimum Gasteiger partial charge on any atom is -0.462 e. The van der Waals surface area contributed by atoms with Crippen molar-refractivity contribution >= 4 is 17.9 Å². The average molecular weight is 1110 g/mol. The zero-order chi connectivity index (χ0) is 57.8. The third-order valence-corrected chi connectivity index (χ3v) is 14.2. The molecule has 6 nitrogen and oxygen atoms in total. The van der Waals surface area contributed by atoms with E-state index in [-0.39, 0.29) is 31.1 Å². The summed E-state index contributed by atoms with van der Waals surface area (Å²) in [5.74, 6) is -0.914. The molecule has 0 N–H and O–H groups in total. The van der Waals surface area contributed by atoms with Gasteiger partial charge in [0.25, 0.3) is 0 Å². The molecule has 1 atom stereocenters. The van der Waals surface area contributed by atoms with Gasteiger partial charge in [-0.15, -0.1) is 0 Å². The molecule has 0 fully saturated rings. The Balaban J connectivity index is 4.38. The van der Waals surface area contributed by atoms with Crippen LogP contribution in [0, 0.1) is 0 Å². The Hall–Kier alpha value is -4.19. The molecule has 0 aromatic heterocycles. The molecule has 0 aliphatic carbocycles. The van der Waals surface area contributed by atoms with Crippen LogP contribution in [0.2, 0.25) is 0 Å². The molecule has 0 rings (SSSR count). The van der Waals surface area contributed by atoms with Gasteiger partial charge in [0.2, 0.25) is 0 Å². The SMILES string of the molecule is CC/C=C\C/C=C\C/C=C\C/C=C\C/C=C\CCCCCCCCCC(=O)OC(COC(=O)CCCCCCC/C=C\C/C=C\CCCC)COC(=O)CCCCCCCCCCCC/C=C\C/C=C\C/C=C\CCCCCCC. The van der Waals surface area contributed by atoms with Gasteiger partial charge < -0.3 is 14.2 Å². The quantitative estimate of drug-likeness (QED) is 0.0261. The summed E-state index contributed by atoms with van der Waals surface area (Å²) in [6.07, 6.45) is 93.4. The van der Waals surface area contributed by atoms with E-state index in [9.17, 15) is 14.4 Å². The van der Waals surface area contributed by atoms with E-state index in [1.54, 1.807) is 0 Å². The van der Waals surface area contributed by atoms with Gasteiger partial charge >= 0.3 is 17.9 Å². The largest absolute Gasteiger partial charge is 0.462 e. The molecule has 0 saturated heterocycles. The Kier molecular flexibility index (Phi) is 63.8. The van der Waals surface area contributed by atoms with Crippen molar-refractivity contribution in [3.05, 3.63) is 122 Å². The predicted molar refractivity (Wildman–Crippen MR) is 348 cm³/mol. The lowest BCUT2D eigenvalue weighted by molar-refractivity contribution is -0.167. The van der Waals surface area contributed by atoms with Crippen molar-refractivity contribution in [2.24, 2.45) is 0 Å². The van der Waals surface area contributed by atoms with E-state index in [4.69, 9.17) is 14.2 Å². The molecular formula is C74H124O6. The highest BCUT2D eigenvalue weighted by atomic mass is 16.6. The fourth-order valence-corrected chi connectivity index (χ4v) is 9.14. The van der Waals surface area contributed by atoms with Gasteiger partial charge in [0.05, 0.1) is 0 Å². The molecular weight excluding hydrogens is 985 g/mol. The predicted octanol–water partition coefficient (Wildman–Crippen LogP) is 23.2. The van der Waals surface area contributed by atoms with Crippen molar-refractivity contribution in [2.75, 3.05) is 13.2 Å². The maximum atomic E-state index is 12.9. The Morgan fingerprint density at radius 2 is 0.500 bits per heavy atom. The number of hydrogen-bond donors (Lipinski definition) is 0. The highest BCUT2D eigenvalue weighted by molar-refractivity contribution is 5.71. The Bertz CT molecular complexity index is 1650. The first-order valence-corrected chi connectivity index (χ1v) is 33.5. The van der Waals surface area contributed by atoms with E-state index in [0.717, 1.165) is 135 Å². The number of hydrogen-bond acceptors (Lipinski definition) is 6. The third-order valence-electron chi connectivity index (χ3n) is 14.2. The van der Waals surface area contributed by atoms with E-state index in [0.29, 0.717) is 19.3 Å². The fraction of sp³-hybridized carbons (Fsp3) is 0.689. The summed E-state index contributed by atoms with van der Waals surface area (Å²) in [6, 6.07) is 0. The number of rotatable bonds is 60. The molecule has 6 heteroatoms. The molecule has 0 aromatic carbocycles. The minimum absolute atomic E-state index is 0.0911. The number of allylic oxidation sites excluding steroid dienone is 20. The molecule has 0 aromatic rings. The van der Waals surface area contributed by atoms with Crippen molar-refractivity contribution in [1.82, 2.24) is 0 Å². The Morgan fingerprint density at radius 3 is 0.800 bits per heavy atom. The van der Waals surface area contributed by atoms with Crippen molar-refractivity contribution in [2.45, 2.75) is 316 Å². The summed E-state index contributed by atoms with van der Waals surface area (Å²) in [5.41, 5.74) is 0. The van der Waals surface area contributed by atoms with E-state index in [1.807, 2.05) is 0 Å². The first-order valence-electron chi connectivity index (χ1n) is 33.5. The van der Waals surface area contributed by atoms with Crippen molar-refractivity contribution in [3.63, 3.8) is 0 Å². The maximum Gasteiger partial charge on any atom is 0.306 e. The lowest BCUT2D eigenvalue weighted by Gasteiger charge is -2.18. The van der Waals surface area contributed by atoms with E-state index >= 15 is 0 Å². The van der Waals surface area contributed by atoms with Crippen LogP contribution in [0.1, 0.15) is 310 Å². The monoisotopic (exact) mass is 1110 g/mol. The van der Waals surface area contributed by atoms with Crippen molar-refractivity contribution < 1.29 is 28.6 Å². The van der Waals surface area contributed by atoms with Crippen LogP contribution in [0.3, 0.4) is 0 Å². The molecule has 0 heterocycles. The van der Waals surface area contributed by atoms with Crippen LogP contribution in [0.4, 0.5) is 0 Å². The molecule has 80 heavy (non-hydrogen) atoms. The molecule has 0 spiro atoms. The summed E-state index contributed by atoms with van der Waals surface area (Å²) in [6.45, 7) is 6.47. The van der Waals surface area contributed by atoms with Crippen LogP contribution in [-0.2, 0) is 28.6 Å². The lowest BCUT2D eigenvalue weighted by Crippen LogP contribution is -2.30. The number of ether oxygens (including phenoxy) is 3. The molecule has 0 aliphatic heterocycles. The van der Waals surface area contributed by atoms with Crippen LogP contribution in [0.15, 0.2) is 122 Å². The number of carbonyl (C=O) groups is 3. The number of esters is 3. The summed E-state index contributed by atoms with van der Waals surface area (Å²) in [4.78, 5) is 38.4. The molecule has 0 saturated carbocycles. The van der Waals surface area contributed by atoms with Gasteiger partial charge in [-0.3, -0.25) is 14.4 Å². The standard InChI is InChI=1S/C74H124O6/c1-4-7-10-13-16-19-22-25-28-30-32-34-36-37-39-40-42-44-46-49-52-55-58-61-64-67-73(76)79-70-71(69-78-72(75)66-63-60-57-54-51-48-27-24-21-18-15-12-9-6-3)80-74(77)68-65-62-59-56-53-50-47-45-43-41-38-35-33-31-29-26-23-20-17-14-11-8-5-2/h8,11,15,17-18,20,22,24-27,29-30,32-33,35-37,41,43,71H,4-7,9-10,12-14,16,19,21,23,28,31,34,38-40,42,44-70H2,1-3H3/b11-8-,18-15-,20-17-,25-22-,27-24-,29-26-,32-30-,35-33-,37-36-,43-41-. The Morgan fingerprint density at radius 1 is 0.263 bits per heavy atom. The first-order chi connectivity index (χ1) is 39.5. The normalized spacial score (nSPS) is 12.9. The first kappa shape index (κ1) is 75.8. The highest BCUT2D eigenvalue weighted by Gasteiger charge is 2.19. The Labute approximate surface area is 494 Å². The van der Waals surface area contributed by atoms with Gasteiger partial charge in [-0.25, -0.2) is 0 Å². The zero-order valence-electron chi connectivity index (χ0n) is 52.3. The van der Waals surface area contributed by atoms with E-state index < -0.39 is 6.10 Å². The number of unbranched alkanes of at least 4 members (excludes halogenated alkanes) is 29. The highest BCUT2D eigenvalue weighted by Crippen LogP contribution is 2.16. The van der Waals surface area contributed by atoms with Crippen LogP contribution < -0.4 is 0 Å². The topological polar surface area (TPSA) is 78.9 Å². The second-order valence-corrected chi connectivity index (χ2v) is 22.0. The van der Waals surface area contributed by atoms with Gasteiger partial charge in [-0.05, 0) is 128 Å². The van der Waals surface area contributed by atoms with Gasteiger partial charge in [0.15, 0.2) is 6.10 Å². The van der Waals surface area contributed by atoms with Crippen molar-refractivity contribution in [3.8, 4) is 0 Å². The number of carbonyl (C=O) groups excluding carboxylic acids is 3. The second kappa shape index (κ2) is 67.3. The van der Waals surface area contributed by atoms with Crippen LogP contribution in [-0.4, -0.2) is 37.2 Å². The lowest BCUT2D eigenvalue weighted by atomic mass is 10.1. The van der Waals surface area contributed by atoms with Crippen molar-refractivity contribution in [1.29, 1.82) is 0 Å². The molecule has 0 aliphatic rings. The molecule has 0 amide bonds. The van der Waals surface area contributed by atoms with Gasteiger partial charge in [-0.2, -0.15) is 0 Å². The van der Waals surface area contributed by atoms with Gasteiger partial charge in [0.1, 0.15) is 13.2 Å². The van der Waals surface area contributed by atoms with E-state index in [1.165, 1.54) is 135 Å². The molecule has 456 valence electrons. The van der Waals surface area contributed by atoms with E-state index in [2.05, 4.69) is 142 Å². The molecule has 0 radical (unpaired) electrons. The van der Waals surface area contributed by atoms with Gasteiger partial charge in [-0.1, -0.05) is 284 Å².